The molecule has 41 heavy (non-hydrogen) atoms. The molecule has 1 fully saturated rings. The van der Waals surface area contributed by atoms with Crippen molar-refractivity contribution in [3.05, 3.63) is 63.6 Å². The smallest absolute Gasteiger partial charge is 0.459 e. The molecule has 0 radical (unpaired) electrons. The van der Waals surface area contributed by atoms with E-state index >= 15 is 4.39 Å². The highest BCUT2D eigenvalue weighted by Gasteiger charge is 2.56. The number of aliphatic hydroxyl groups is 1. The molecular formula is C26H31BrFN4O8P. The summed E-state index contributed by atoms with van der Waals surface area (Å²) in [6, 6.07) is 11.2. The van der Waals surface area contributed by atoms with Gasteiger partial charge in [0.05, 0.1) is 17.2 Å². The number of anilines is 1. The van der Waals surface area contributed by atoms with Crippen molar-refractivity contribution in [2.24, 2.45) is 0 Å². The molecule has 4 N–H and O–H groups in total. The van der Waals surface area contributed by atoms with E-state index in [4.69, 9.17) is 24.3 Å². The number of nitrogens with zero attached hydrogens (tertiary/aromatic N) is 2. The van der Waals surface area contributed by atoms with Crippen molar-refractivity contribution >= 4 is 46.2 Å². The van der Waals surface area contributed by atoms with E-state index in [1.54, 1.807) is 38.1 Å². The van der Waals surface area contributed by atoms with Gasteiger partial charge in [-0.1, -0.05) is 36.4 Å². The SMILES string of the molecule is CC(C)OC(=O)[C@@H](C)N[P@](=O)(OC[C@H]1O[C@@H](n2cc(Br)c(N)nc2=O)[C@](C)(F)[C@@H]1O)Oc1cccc2ccccc12. The second kappa shape index (κ2) is 12.2. The van der Waals surface area contributed by atoms with Gasteiger partial charge in [-0.3, -0.25) is 13.9 Å². The number of aromatic nitrogens is 2. The van der Waals surface area contributed by atoms with Crippen LogP contribution in [0.5, 0.6) is 5.75 Å². The molecule has 15 heteroatoms. The molecule has 6 atom stereocenters. The average Bonchev–Trinajstić information content (AvgIpc) is 3.13. The van der Waals surface area contributed by atoms with Crippen molar-refractivity contribution < 1.29 is 37.4 Å². The third-order valence-electron chi connectivity index (χ3n) is 6.34. The second-order valence-corrected chi connectivity index (χ2v) is 12.5. The lowest BCUT2D eigenvalue weighted by Gasteiger charge is -2.26. The Bertz CT molecular complexity index is 1530. The fraction of sp³-hybridized carbons (Fsp3) is 0.423. The van der Waals surface area contributed by atoms with E-state index in [1.165, 1.54) is 13.1 Å². The maximum absolute atomic E-state index is 15.8. The minimum absolute atomic E-state index is 0.104. The van der Waals surface area contributed by atoms with E-state index in [2.05, 4.69) is 26.0 Å². The van der Waals surface area contributed by atoms with Crippen molar-refractivity contribution in [2.75, 3.05) is 12.3 Å². The second-order valence-electron chi connectivity index (χ2n) is 9.99. The Morgan fingerprint density at radius 3 is 2.68 bits per heavy atom. The number of esters is 1. The number of nitrogens with one attached hydrogen (secondary N) is 1. The van der Waals surface area contributed by atoms with Gasteiger partial charge < -0.3 is 24.8 Å². The normalized spacial score (nSPS) is 24.7. The van der Waals surface area contributed by atoms with Gasteiger partial charge in [0, 0.05) is 11.6 Å². The third-order valence-corrected chi connectivity index (χ3v) is 8.58. The first kappa shape index (κ1) is 31.1. The molecule has 0 amide bonds. The van der Waals surface area contributed by atoms with Crippen LogP contribution in [0.15, 0.2) is 57.9 Å². The molecule has 222 valence electrons. The molecule has 1 aromatic heterocycles. The Kier molecular flexibility index (Phi) is 9.22. The molecule has 0 bridgehead atoms. The van der Waals surface area contributed by atoms with E-state index in [1.807, 2.05) is 18.2 Å². The maximum Gasteiger partial charge on any atom is 0.459 e. The summed E-state index contributed by atoms with van der Waals surface area (Å²) >= 11 is 3.14. The molecule has 2 aromatic carbocycles. The highest BCUT2D eigenvalue weighted by atomic mass is 79.9. The van der Waals surface area contributed by atoms with Gasteiger partial charge in [0.25, 0.3) is 0 Å². The first-order valence-electron chi connectivity index (χ1n) is 12.7. The Balaban J connectivity index is 1.60. The standard InChI is InChI=1S/C26H31BrFN4O8P/c1-14(2)38-23(34)15(3)31-41(36,40-19-11-7-9-16-8-5-6-10-17(16)19)37-13-20-21(33)26(4,28)24(39-20)32-12-18(27)22(29)30-25(32)35/h5-12,14-15,20-21,24,33H,13H2,1-4H3,(H,31,36)(H2,29,30,35)/t15-,20-,21-,24-,26-,41+/m1/s1. The van der Waals surface area contributed by atoms with Crippen LogP contribution in [0, 0.1) is 0 Å². The molecule has 0 unspecified atom stereocenters. The molecule has 4 rings (SSSR count). The van der Waals surface area contributed by atoms with E-state index < -0.39 is 62.3 Å². The van der Waals surface area contributed by atoms with Crippen LogP contribution in [0.3, 0.4) is 0 Å². The summed E-state index contributed by atoms with van der Waals surface area (Å²) < 4.78 is 53.2. The van der Waals surface area contributed by atoms with Gasteiger partial charge in [-0.15, -0.1) is 0 Å². The molecule has 1 aliphatic rings. The van der Waals surface area contributed by atoms with Gasteiger partial charge in [-0.2, -0.15) is 10.1 Å². The predicted molar refractivity (Wildman–Crippen MR) is 152 cm³/mol. The average molecular weight is 657 g/mol. The highest BCUT2D eigenvalue weighted by Crippen LogP contribution is 2.49. The van der Waals surface area contributed by atoms with Gasteiger partial charge in [0.2, 0.25) is 0 Å². The number of carbonyl (C=O) groups excluding carboxylic acids is 1. The lowest BCUT2D eigenvalue weighted by molar-refractivity contribution is -0.149. The van der Waals surface area contributed by atoms with Crippen molar-refractivity contribution in [3.8, 4) is 5.75 Å². The van der Waals surface area contributed by atoms with Crippen LogP contribution >= 0.6 is 23.7 Å². The minimum Gasteiger partial charge on any atom is -0.462 e. The zero-order valence-electron chi connectivity index (χ0n) is 22.7. The number of rotatable bonds is 10. The fourth-order valence-electron chi connectivity index (χ4n) is 4.27. The largest absolute Gasteiger partial charge is 0.462 e. The summed E-state index contributed by atoms with van der Waals surface area (Å²) in [7, 11) is -4.40. The van der Waals surface area contributed by atoms with Crippen LogP contribution in [0.25, 0.3) is 10.8 Å². The van der Waals surface area contributed by atoms with E-state index in [0.717, 1.165) is 16.9 Å². The van der Waals surface area contributed by atoms with Crippen molar-refractivity contribution in [1.29, 1.82) is 0 Å². The molecule has 3 aromatic rings. The van der Waals surface area contributed by atoms with E-state index in [9.17, 15) is 19.3 Å². The first-order valence-corrected chi connectivity index (χ1v) is 15.0. The maximum atomic E-state index is 15.8. The number of nitrogens with two attached hydrogens (primary N) is 1. The third kappa shape index (κ3) is 6.79. The zero-order chi connectivity index (χ0) is 30.1. The summed E-state index contributed by atoms with van der Waals surface area (Å²) in [5.41, 5.74) is 2.24. The fourth-order valence-corrected chi connectivity index (χ4v) is 6.10. The molecule has 1 saturated heterocycles. The van der Waals surface area contributed by atoms with Crippen molar-refractivity contribution in [3.63, 3.8) is 0 Å². The lowest BCUT2D eigenvalue weighted by atomic mass is 9.98. The topological polar surface area (TPSA) is 164 Å². The minimum atomic E-state index is -4.40. The number of halogens is 2. The van der Waals surface area contributed by atoms with Crippen molar-refractivity contribution in [2.45, 2.75) is 63.9 Å². The summed E-state index contributed by atoms with van der Waals surface area (Å²) in [6.45, 7) is 5.15. The number of fused-ring (bicyclic) bond motifs is 1. The molecule has 0 spiro atoms. The number of nitrogen functional groups attached to an aromatic ring is 1. The van der Waals surface area contributed by atoms with Crippen LogP contribution in [-0.2, 0) is 23.4 Å². The summed E-state index contributed by atoms with van der Waals surface area (Å²) in [5.74, 6) is -0.624. The number of carbonyl (C=O) groups is 1. The number of ether oxygens (including phenoxy) is 2. The highest BCUT2D eigenvalue weighted by molar-refractivity contribution is 9.10. The van der Waals surface area contributed by atoms with Gasteiger partial charge in [0.1, 0.15) is 29.8 Å². The number of hydrogen-bond acceptors (Lipinski definition) is 10. The van der Waals surface area contributed by atoms with Crippen LogP contribution in [-0.4, -0.2) is 57.3 Å². The Morgan fingerprint density at radius 2 is 1.98 bits per heavy atom. The molecule has 0 aliphatic carbocycles. The Morgan fingerprint density at radius 1 is 1.29 bits per heavy atom. The van der Waals surface area contributed by atoms with Crippen LogP contribution in [0.2, 0.25) is 0 Å². The molecule has 1 aliphatic heterocycles. The number of alkyl halides is 1. The van der Waals surface area contributed by atoms with Gasteiger partial charge >= 0.3 is 19.4 Å². The summed E-state index contributed by atoms with van der Waals surface area (Å²) in [6.07, 6.45) is -4.07. The number of aliphatic hydroxyl groups excluding tert-OH is 1. The molecule has 12 nitrogen and oxygen atoms in total. The Hall–Kier alpha value is -2.87. The van der Waals surface area contributed by atoms with Crippen LogP contribution in [0.4, 0.5) is 10.2 Å². The molecule has 2 heterocycles. The van der Waals surface area contributed by atoms with Gasteiger partial charge in [-0.25, -0.2) is 13.8 Å². The first-order chi connectivity index (χ1) is 19.2. The summed E-state index contributed by atoms with van der Waals surface area (Å²) in [4.78, 5) is 28.6. The monoisotopic (exact) mass is 656 g/mol. The van der Waals surface area contributed by atoms with Crippen molar-refractivity contribution in [1.82, 2.24) is 14.6 Å². The van der Waals surface area contributed by atoms with Gasteiger partial charge in [0.15, 0.2) is 11.9 Å². The lowest BCUT2D eigenvalue weighted by Crippen LogP contribution is -2.43. The quantitative estimate of drug-likeness (QED) is 0.214. The van der Waals surface area contributed by atoms with E-state index in [0.29, 0.717) is 5.39 Å². The Labute approximate surface area is 243 Å². The molecular weight excluding hydrogens is 626 g/mol. The number of benzene rings is 2. The van der Waals surface area contributed by atoms with Crippen LogP contribution in [0.1, 0.15) is 33.9 Å². The summed E-state index contributed by atoms with van der Waals surface area (Å²) in [5, 5.41) is 14.8. The number of hydrogen-bond donors (Lipinski definition) is 3. The predicted octanol–water partition coefficient (Wildman–Crippen LogP) is 3.86. The zero-order valence-corrected chi connectivity index (χ0v) is 25.2. The molecule has 0 saturated carbocycles. The van der Waals surface area contributed by atoms with Crippen LogP contribution < -0.4 is 21.0 Å². The van der Waals surface area contributed by atoms with E-state index in [-0.39, 0.29) is 16.0 Å². The van der Waals surface area contributed by atoms with Gasteiger partial charge in [-0.05, 0) is 55.1 Å².